The SMILES string of the molecule is CNCc1cc(S(=O)(=O)NC2CC3CCC2O3)cn1C. The summed E-state index contributed by atoms with van der Waals surface area (Å²) in [6.45, 7) is 0.642. The zero-order chi connectivity index (χ0) is 14.3. The topological polar surface area (TPSA) is 72.4 Å². The normalized spacial score (nSPS) is 29.2. The first kappa shape index (κ1) is 14.1. The molecule has 2 bridgehead atoms. The molecule has 3 heterocycles. The van der Waals surface area contributed by atoms with Crippen molar-refractivity contribution >= 4 is 10.0 Å². The molecule has 2 saturated heterocycles. The molecule has 0 radical (unpaired) electrons. The fraction of sp³-hybridized carbons (Fsp3) is 0.692. The molecule has 2 fully saturated rings. The summed E-state index contributed by atoms with van der Waals surface area (Å²) in [5, 5.41) is 3.03. The Hall–Kier alpha value is -0.890. The molecule has 2 N–H and O–H groups in total. The van der Waals surface area contributed by atoms with E-state index in [0.29, 0.717) is 11.4 Å². The Kier molecular flexibility index (Phi) is 3.62. The van der Waals surface area contributed by atoms with Crippen molar-refractivity contribution in [2.24, 2.45) is 7.05 Å². The average molecular weight is 299 g/mol. The molecule has 1 aromatic rings. The molecular weight excluding hydrogens is 278 g/mol. The van der Waals surface area contributed by atoms with Crippen LogP contribution in [0.4, 0.5) is 0 Å². The number of fused-ring (bicyclic) bond motifs is 2. The predicted molar refractivity (Wildman–Crippen MR) is 74.8 cm³/mol. The first-order valence-corrected chi connectivity index (χ1v) is 8.45. The van der Waals surface area contributed by atoms with Crippen LogP contribution in [0.25, 0.3) is 0 Å². The van der Waals surface area contributed by atoms with E-state index in [4.69, 9.17) is 4.74 Å². The number of ether oxygens (including phenoxy) is 1. The first-order valence-electron chi connectivity index (χ1n) is 6.97. The number of rotatable bonds is 5. The van der Waals surface area contributed by atoms with Gasteiger partial charge in [0, 0.05) is 25.5 Å². The molecule has 1 aromatic heterocycles. The van der Waals surface area contributed by atoms with E-state index in [1.807, 2.05) is 18.7 Å². The molecule has 0 aromatic carbocycles. The lowest BCUT2D eigenvalue weighted by atomic mass is 9.96. The molecule has 0 aliphatic carbocycles. The Labute approximate surface area is 119 Å². The molecule has 3 rings (SSSR count). The maximum Gasteiger partial charge on any atom is 0.242 e. The van der Waals surface area contributed by atoms with Crippen molar-refractivity contribution < 1.29 is 13.2 Å². The van der Waals surface area contributed by atoms with Crippen LogP contribution in [-0.4, -0.2) is 38.3 Å². The number of sulfonamides is 1. The molecule has 6 nitrogen and oxygen atoms in total. The van der Waals surface area contributed by atoms with Gasteiger partial charge in [-0.05, 0) is 32.4 Å². The molecule has 112 valence electrons. The number of nitrogens with one attached hydrogen (secondary N) is 2. The summed E-state index contributed by atoms with van der Waals surface area (Å²) in [4.78, 5) is 0.327. The summed E-state index contributed by atoms with van der Waals surface area (Å²) in [5.41, 5.74) is 0.942. The Morgan fingerprint density at radius 1 is 1.45 bits per heavy atom. The lowest BCUT2D eigenvalue weighted by Crippen LogP contribution is -2.41. The van der Waals surface area contributed by atoms with Gasteiger partial charge in [-0.15, -0.1) is 0 Å². The van der Waals surface area contributed by atoms with Crippen LogP contribution in [0.1, 0.15) is 25.0 Å². The van der Waals surface area contributed by atoms with E-state index < -0.39 is 10.0 Å². The maximum absolute atomic E-state index is 12.4. The van der Waals surface area contributed by atoms with Crippen molar-refractivity contribution in [2.75, 3.05) is 7.05 Å². The molecule has 0 spiro atoms. The highest BCUT2D eigenvalue weighted by Gasteiger charge is 2.42. The minimum Gasteiger partial charge on any atom is -0.373 e. The summed E-state index contributed by atoms with van der Waals surface area (Å²) in [6, 6.07) is 1.64. The molecule has 3 atom stereocenters. The van der Waals surface area contributed by atoms with Crippen LogP contribution >= 0.6 is 0 Å². The number of nitrogens with zero attached hydrogens (tertiary/aromatic N) is 1. The lowest BCUT2D eigenvalue weighted by Gasteiger charge is -2.19. The van der Waals surface area contributed by atoms with E-state index in [-0.39, 0.29) is 18.2 Å². The van der Waals surface area contributed by atoms with E-state index in [2.05, 4.69) is 10.0 Å². The average Bonchev–Trinajstić information content (AvgIpc) is 3.06. The van der Waals surface area contributed by atoms with E-state index in [1.165, 1.54) is 0 Å². The van der Waals surface area contributed by atoms with Gasteiger partial charge in [-0.1, -0.05) is 0 Å². The molecule has 2 aliphatic rings. The van der Waals surface area contributed by atoms with E-state index in [9.17, 15) is 8.42 Å². The van der Waals surface area contributed by atoms with Crippen LogP contribution in [0, 0.1) is 0 Å². The van der Waals surface area contributed by atoms with Gasteiger partial charge in [0.15, 0.2) is 0 Å². The van der Waals surface area contributed by atoms with E-state index >= 15 is 0 Å². The Balaban J connectivity index is 1.76. The molecule has 0 saturated carbocycles. The second kappa shape index (κ2) is 5.14. The minimum atomic E-state index is -3.46. The third-order valence-electron chi connectivity index (χ3n) is 4.16. The Bertz CT molecular complexity index is 596. The van der Waals surface area contributed by atoms with Crippen molar-refractivity contribution in [1.82, 2.24) is 14.6 Å². The summed E-state index contributed by atoms with van der Waals surface area (Å²) in [5.74, 6) is 0. The fourth-order valence-corrected chi connectivity index (χ4v) is 4.48. The van der Waals surface area contributed by atoms with Crippen LogP contribution in [0.3, 0.4) is 0 Å². The van der Waals surface area contributed by atoms with Crippen molar-refractivity contribution in [3.8, 4) is 0 Å². The number of hydrogen-bond donors (Lipinski definition) is 2. The molecule has 2 aliphatic heterocycles. The second-order valence-corrected chi connectivity index (χ2v) is 7.36. The van der Waals surface area contributed by atoms with Crippen molar-refractivity contribution in [1.29, 1.82) is 0 Å². The molecular formula is C13H21N3O3S. The summed E-state index contributed by atoms with van der Waals surface area (Å²) in [6.07, 6.45) is 4.75. The molecule has 0 amide bonds. The first-order chi connectivity index (χ1) is 9.49. The number of aryl methyl sites for hydroxylation is 1. The predicted octanol–water partition coefficient (Wildman–Crippen LogP) is 0.343. The van der Waals surface area contributed by atoms with Gasteiger partial charge < -0.3 is 14.6 Å². The fourth-order valence-electron chi connectivity index (χ4n) is 3.11. The second-order valence-electron chi connectivity index (χ2n) is 5.65. The number of hydrogen-bond acceptors (Lipinski definition) is 4. The van der Waals surface area contributed by atoms with Crippen LogP contribution < -0.4 is 10.0 Å². The maximum atomic E-state index is 12.4. The summed E-state index contributed by atoms with van der Waals surface area (Å²) in [7, 11) is 0.228. The van der Waals surface area contributed by atoms with Crippen LogP contribution in [-0.2, 0) is 28.4 Å². The highest BCUT2D eigenvalue weighted by molar-refractivity contribution is 7.89. The summed E-state index contributed by atoms with van der Waals surface area (Å²) >= 11 is 0. The van der Waals surface area contributed by atoms with Gasteiger partial charge in [-0.25, -0.2) is 13.1 Å². The van der Waals surface area contributed by atoms with Gasteiger partial charge in [-0.2, -0.15) is 0 Å². The van der Waals surface area contributed by atoms with Crippen molar-refractivity contribution in [3.05, 3.63) is 18.0 Å². The lowest BCUT2D eigenvalue weighted by molar-refractivity contribution is 0.0996. The smallest absolute Gasteiger partial charge is 0.242 e. The molecule has 7 heteroatoms. The largest absolute Gasteiger partial charge is 0.373 e. The Morgan fingerprint density at radius 2 is 2.25 bits per heavy atom. The van der Waals surface area contributed by atoms with Gasteiger partial charge in [0.05, 0.1) is 23.1 Å². The molecule has 20 heavy (non-hydrogen) atoms. The zero-order valence-corrected chi connectivity index (χ0v) is 12.6. The van der Waals surface area contributed by atoms with Gasteiger partial charge in [0.2, 0.25) is 10.0 Å². The quantitative estimate of drug-likeness (QED) is 0.822. The standard InChI is InChI=1S/C13H21N3O3S/c1-14-7-9-5-11(8-16(9)2)20(17,18)15-12-6-10-3-4-13(12)19-10/h5,8,10,12-15H,3-4,6-7H2,1-2H3. The monoisotopic (exact) mass is 299 g/mol. The minimum absolute atomic E-state index is 0.0512. The zero-order valence-electron chi connectivity index (χ0n) is 11.8. The van der Waals surface area contributed by atoms with Crippen LogP contribution in [0.2, 0.25) is 0 Å². The number of aromatic nitrogens is 1. The highest BCUT2D eigenvalue weighted by Crippen LogP contribution is 2.35. The van der Waals surface area contributed by atoms with Gasteiger partial charge >= 0.3 is 0 Å². The molecule has 3 unspecified atom stereocenters. The van der Waals surface area contributed by atoms with Crippen LogP contribution in [0.5, 0.6) is 0 Å². The van der Waals surface area contributed by atoms with Crippen LogP contribution in [0.15, 0.2) is 17.2 Å². The van der Waals surface area contributed by atoms with E-state index in [0.717, 1.165) is 25.0 Å². The summed E-state index contributed by atoms with van der Waals surface area (Å²) < 4.78 is 35.2. The van der Waals surface area contributed by atoms with Gasteiger partial charge in [0.25, 0.3) is 0 Å². The van der Waals surface area contributed by atoms with Crippen molar-refractivity contribution in [2.45, 2.75) is 49.0 Å². The van der Waals surface area contributed by atoms with Gasteiger partial charge in [0.1, 0.15) is 0 Å². The Morgan fingerprint density at radius 3 is 2.85 bits per heavy atom. The van der Waals surface area contributed by atoms with Gasteiger partial charge in [-0.3, -0.25) is 0 Å². The highest BCUT2D eigenvalue weighted by atomic mass is 32.2. The third-order valence-corrected chi connectivity index (χ3v) is 5.62. The van der Waals surface area contributed by atoms with Crippen molar-refractivity contribution in [3.63, 3.8) is 0 Å². The van der Waals surface area contributed by atoms with E-state index in [1.54, 1.807) is 12.3 Å². The third kappa shape index (κ3) is 2.50.